The number of nitrogens with zero attached hydrogens (tertiary/aromatic N) is 1. The van der Waals surface area contributed by atoms with E-state index in [1.54, 1.807) is 6.20 Å². The highest BCUT2D eigenvalue weighted by atomic mass is 35.5. The predicted octanol–water partition coefficient (Wildman–Crippen LogP) is 3.55. The Bertz CT molecular complexity index is 393. The zero-order valence-electron chi connectivity index (χ0n) is 8.06. The Labute approximate surface area is 82.9 Å². The normalized spacial score (nSPS) is 9.54. The van der Waals surface area contributed by atoms with E-state index in [0.29, 0.717) is 5.15 Å². The van der Waals surface area contributed by atoms with Crippen molar-refractivity contribution in [2.45, 2.75) is 20.8 Å². The summed E-state index contributed by atoms with van der Waals surface area (Å²) < 4.78 is 0. The zero-order chi connectivity index (χ0) is 9.84. The van der Waals surface area contributed by atoms with Crippen molar-refractivity contribution in [1.29, 1.82) is 0 Å². The average molecular weight is 197 g/mol. The molecule has 2 aromatic rings. The lowest BCUT2D eigenvalue weighted by Crippen LogP contribution is -1.74. The molecule has 0 aromatic carbocycles. The lowest BCUT2D eigenvalue weighted by molar-refractivity contribution is 1.34. The SMILES string of the molecule is CC.Cc1c[nH]c2cnc(Cl)cc12. The van der Waals surface area contributed by atoms with Crippen LogP contribution in [0, 0.1) is 6.92 Å². The number of aryl methyl sites for hydroxylation is 1. The van der Waals surface area contributed by atoms with Gasteiger partial charge in [0.15, 0.2) is 0 Å². The quantitative estimate of drug-likeness (QED) is 0.642. The van der Waals surface area contributed by atoms with Crippen LogP contribution in [0.25, 0.3) is 10.9 Å². The van der Waals surface area contributed by atoms with Gasteiger partial charge in [-0.25, -0.2) is 4.98 Å². The molecule has 0 aliphatic rings. The van der Waals surface area contributed by atoms with Crippen molar-refractivity contribution in [2.75, 3.05) is 0 Å². The van der Waals surface area contributed by atoms with E-state index < -0.39 is 0 Å². The second-order valence-corrected chi connectivity index (χ2v) is 2.91. The number of rotatable bonds is 0. The molecule has 2 nitrogen and oxygen atoms in total. The van der Waals surface area contributed by atoms with Crippen LogP contribution in [0.15, 0.2) is 18.5 Å². The second-order valence-electron chi connectivity index (χ2n) is 2.52. The van der Waals surface area contributed by atoms with Crippen molar-refractivity contribution >= 4 is 22.5 Å². The van der Waals surface area contributed by atoms with Gasteiger partial charge in [-0.05, 0) is 18.6 Å². The minimum atomic E-state index is 0.542. The summed E-state index contributed by atoms with van der Waals surface area (Å²) in [6, 6.07) is 1.86. The summed E-state index contributed by atoms with van der Waals surface area (Å²) in [5.41, 5.74) is 2.23. The fraction of sp³-hybridized carbons (Fsp3) is 0.300. The van der Waals surface area contributed by atoms with Crippen LogP contribution in [0.1, 0.15) is 19.4 Å². The van der Waals surface area contributed by atoms with Crippen LogP contribution in [0.5, 0.6) is 0 Å². The monoisotopic (exact) mass is 196 g/mol. The summed E-state index contributed by atoms with van der Waals surface area (Å²) in [7, 11) is 0. The van der Waals surface area contributed by atoms with E-state index >= 15 is 0 Å². The van der Waals surface area contributed by atoms with Crippen LogP contribution in [0.2, 0.25) is 5.15 Å². The van der Waals surface area contributed by atoms with Gasteiger partial charge in [0, 0.05) is 11.6 Å². The first kappa shape index (κ1) is 10.1. The van der Waals surface area contributed by atoms with Crippen molar-refractivity contribution in [3.8, 4) is 0 Å². The van der Waals surface area contributed by atoms with E-state index in [1.165, 1.54) is 5.56 Å². The minimum Gasteiger partial charge on any atom is -0.360 e. The minimum absolute atomic E-state index is 0.542. The molecule has 0 aliphatic heterocycles. The number of halogens is 1. The maximum absolute atomic E-state index is 5.72. The van der Waals surface area contributed by atoms with E-state index in [-0.39, 0.29) is 0 Å². The van der Waals surface area contributed by atoms with E-state index in [0.717, 1.165) is 10.9 Å². The van der Waals surface area contributed by atoms with Gasteiger partial charge < -0.3 is 4.98 Å². The van der Waals surface area contributed by atoms with Crippen molar-refractivity contribution in [2.24, 2.45) is 0 Å². The van der Waals surface area contributed by atoms with Gasteiger partial charge in [-0.15, -0.1) is 0 Å². The number of fused-ring (bicyclic) bond motifs is 1. The Hall–Kier alpha value is -1.02. The average Bonchev–Trinajstić information content (AvgIpc) is 2.52. The molecule has 0 spiro atoms. The van der Waals surface area contributed by atoms with Crippen molar-refractivity contribution in [1.82, 2.24) is 9.97 Å². The lowest BCUT2D eigenvalue weighted by Gasteiger charge is -1.90. The fourth-order valence-corrected chi connectivity index (χ4v) is 1.29. The fourth-order valence-electron chi connectivity index (χ4n) is 1.13. The number of aromatic amines is 1. The first-order chi connectivity index (χ1) is 6.27. The highest BCUT2D eigenvalue weighted by Crippen LogP contribution is 2.18. The molecular weight excluding hydrogens is 184 g/mol. The van der Waals surface area contributed by atoms with E-state index in [4.69, 9.17) is 11.6 Å². The molecule has 2 heterocycles. The molecule has 3 heteroatoms. The molecule has 0 amide bonds. The summed E-state index contributed by atoms with van der Waals surface area (Å²) in [6.07, 6.45) is 3.69. The number of nitrogens with one attached hydrogen (secondary N) is 1. The molecule has 0 radical (unpaired) electrons. The Morgan fingerprint density at radius 2 is 2.08 bits per heavy atom. The van der Waals surface area contributed by atoms with Crippen LogP contribution < -0.4 is 0 Å². The Balaban J connectivity index is 0.000000396. The van der Waals surface area contributed by atoms with Crippen molar-refractivity contribution in [3.05, 3.63) is 29.2 Å². The highest BCUT2D eigenvalue weighted by Gasteiger charge is 1.99. The summed E-state index contributed by atoms with van der Waals surface area (Å²) in [6.45, 7) is 6.04. The van der Waals surface area contributed by atoms with Gasteiger partial charge in [0.25, 0.3) is 0 Å². The van der Waals surface area contributed by atoms with Crippen molar-refractivity contribution in [3.63, 3.8) is 0 Å². The van der Waals surface area contributed by atoms with Gasteiger partial charge in [0.05, 0.1) is 11.7 Å². The molecule has 0 unspecified atom stereocenters. The first-order valence-corrected chi connectivity index (χ1v) is 4.74. The van der Waals surface area contributed by atoms with Crippen LogP contribution in [-0.2, 0) is 0 Å². The lowest BCUT2D eigenvalue weighted by atomic mass is 10.2. The van der Waals surface area contributed by atoms with E-state index in [9.17, 15) is 0 Å². The topological polar surface area (TPSA) is 28.7 Å². The third kappa shape index (κ3) is 2.01. The third-order valence-electron chi connectivity index (χ3n) is 1.74. The summed E-state index contributed by atoms with van der Waals surface area (Å²) >= 11 is 5.72. The van der Waals surface area contributed by atoms with Gasteiger partial charge >= 0.3 is 0 Å². The molecule has 2 aromatic heterocycles. The highest BCUT2D eigenvalue weighted by molar-refractivity contribution is 6.30. The molecule has 13 heavy (non-hydrogen) atoms. The molecule has 0 aliphatic carbocycles. The summed E-state index contributed by atoms with van der Waals surface area (Å²) in [4.78, 5) is 7.05. The number of pyridine rings is 1. The van der Waals surface area contributed by atoms with Crippen molar-refractivity contribution < 1.29 is 0 Å². The molecule has 0 saturated carbocycles. The van der Waals surface area contributed by atoms with Crippen LogP contribution >= 0.6 is 11.6 Å². The number of aromatic nitrogens is 2. The Morgan fingerprint density at radius 3 is 2.77 bits per heavy atom. The van der Waals surface area contributed by atoms with E-state index in [1.807, 2.05) is 33.0 Å². The molecule has 2 rings (SSSR count). The summed E-state index contributed by atoms with van der Waals surface area (Å²) in [5.74, 6) is 0. The number of hydrogen-bond donors (Lipinski definition) is 1. The Kier molecular flexibility index (Phi) is 3.32. The van der Waals surface area contributed by atoms with Gasteiger partial charge in [-0.2, -0.15) is 0 Å². The maximum Gasteiger partial charge on any atom is 0.129 e. The summed E-state index contributed by atoms with van der Waals surface area (Å²) in [5, 5.41) is 1.69. The number of H-pyrrole nitrogens is 1. The zero-order valence-corrected chi connectivity index (χ0v) is 8.81. The standard InChI is InChI=1S/C8H7ClN2.C2H6/c1-5-3-10-7-4-11-8(9)2-6(5)7;1-2/h2-4,10H,1H3;1-2H3. The van der Waals surface area contributed by atoms with Gasteiger partial charge in [0.2, 0.25) is 0 Å². The Morgan fingerprint density at radius 1 is 1.38 bits per heavy atom. The van der Waals surface area contributed by atoms with Gasteiger partial charge in [0.1, 0.15) is 5.15 Å². The largest absolute Gasteiger partial charge is 0.360 e. The van der Waals surface area contributed by atoms with Crippen LogP contribution in [-0.4, -0.2) is 9.97 Å². The smallest absolute Gasteiger partial charge is 0.129 e. The molecule has 0 saturated heterocycles. The molecule has 70 valence electrons. The van der Waals surface area contributed by atoms with Gasteiger partial charge in [-0.1, -0.05) is 25.4 Å². The molecule has 0 atom stereocenters. The number of hydrogen-bond acceptors (Lipinski definition) is 1. The molecular formula is C10H13ClN2. The van der Waals surface area contributed by atoms with Crippen LogP contribution in [0.3, 0.4) is 0 Å². The first-order valence-electron chi connectivity index (χ1n) is 4.36. The van der Waals surface area contributed by atoms with Crippen LogP contribution in [0.4, 0.5) is 0 Å². The molecule has 0 fully saturated rings. The third-order valence-corrected chi connectivity index (χ3v) is 1.95. The van der Waals surface area contributed by atoms with Gasteiger partial charge in [-0.3, -0.25) is 0 Å². The molecule has 0 bridgehead atoms. The second kappa shape index (κ2) is 4.28. The van der Waals surface area contributed by atoms with E-state index in [2.05, 4.69) is 9.97 Å². The maximum atomic E-state index is 5.72. The predicted molar refractivity (Wildman–Crippen MR) is 57.2 cm³/mol. The molecule has 1 N–H and O–H groups in total.